The van der Waals surface area contributed by atoms with E-state index in [-0.39, 0.29) is 16.2 Å². The molecule has 0 amide bonds. The maximum atomic E-state index is 11.2. The number of hydrogen-bond donors (Lipinski definition) is 2. The molecule has 264 valence electrons. The monoisotopic (exact) mass is 637 g/mol. The Morgan fingerprint density at radius 3 is 1.22 bits per heavy atom. The highest BCUT2D eigenvalue weighted by atomic mass is 16.3. The summed E-state index contributed by atoms with van der Waals surface area (Å²) in [6.45, 7) is 22.8. The number of phenolic OH excluding ortho intramolecular Hbond substituents is 2. The molecule has 0 aliphatic heterocycles. The fourth-order valence-electron chi connectivity index (χ4n) is 7.18. The Hall–Kier alpha value is -1.96. The Labute approximate surface area is 287 Å². The van der Waals surface area contributed by atoms with E-state index >= 15 is 0 Å². The highest BCUT2D eigenvalue weighted by Crippen LogP contribution is 2.45. The third kappa shape index (κ3) is 15.3. The quantitative estimate of drug-likeness (QED) is 0.126. The lowest BCUT2D eigenvalue weighted by molar-refractivity contribution is 0.384. The zero-order chi connectivity index (χ0) is 34.6. The maximum absolute atomic E-state index is 11.2. The lowest BCUT2D eigenvalue weighted by Gasteiger charge is -2.35. The second-order valence-electron chi connectivity index (χ2n) is 16.1. The fourth-order valence-corrected chi connectivity index (χ4v) is 7.18. The molecule has 2 nitrogen and oxygen atoms in total. The Balaban J connectivity index is 0.000000467. The molecule has 0 unspecified atom stereocenters. The molecule has 0 aliphatic rings. The van der Waals surface area contributed by atoms with E-state index in [0.29, 0.717) is 11.5 Å². The summed E-state index contributed by atoms with van der Waals surface area (Å²) < 4.78 is 0. The zero-order valence-electron chi connectivity index (χ0n) is 32.3. The van der Waals surface area contributed by atoms with Gasteiger partial charge in [-0.2, -0.15) is 0 Å². The first kappa shape index (κ1) is 42.1. The predicted octanol–water partition coefficient (Wildman–Crippen LogP) is 14.3. The van der Waals surface area contributed by atoms with E-state index in [1.165, 1.54) is 101 Å². The van der Waals surface area contributed by atoms with Crippen molar-refractivity contribution in [3.63, 3.8) is 0 Å². The Morgan fingerprint density at radius 2 is 0.826 bits per heavy atom. The van der Waals surface area contributed by atoms with Crippen LogP contribution in [-0.2, 0) is 22.7 Å². The molecule has 2 aromatic carbocycles. The minimum absolute atomic E-state index is 0.00577. The Morgan fingerprint density at radius 1 is 0.457 bits per heavy atom. The smallest absolute Gasteiger partial charge is 0.123 e. The molecular weight excluding hydrogens is 560 g/mol. The summed E-state index contributed by atoms with van der Waals surface area (Å²) in [6, 6.07) is 12.2. The highest BCUT2D eigenvalue weighted by molar-refractivity contribution is 5.51. The van der Waals surface area contributed by atoms with Crippen LogP contribution in [0.4, 0.5) is 0 Å². The van der Waals surface area contributed by atoms with Crippen LogP contribution in [0.2, 0.25) is 0 Å². The molecule has 0 aliphatic carbocycles. The normalized spacial score (nSPS) is 12.2. The summed E-state index contributed by atoms with van der Waals surface area (Å²) >= 11 is 0. The summed E-state index contributed by atoms with van der Waals surface area (Å²) in [5.41, 5.74) is 5.12. The minimum atomic E-state index is -0.00577. The average molecular weight is 637 g/mol. The first-order chi connectivity index (χ1) is 21.8. The van der Waals surface area contributed by atoms with Crippen molar-refractivity contribution in [1.29, 1.82) is 0 Å². The molecule has 0 radical (unpaired) electrons. The van der Waals surface area contributed by atoms with Gasteiger partial charge in [0.25, 0.3) is 0 Å². The van der Waals surface area contributed by atoms with Crippen LogP contribution in [0.15, 0.2) is 36.4 Å². The van der Waals surface area contributed by atoms with Crippen LogP contribution < -0.4 is 0 Å². The SMILES string of the molecule is CCCC(C)(C)c1cc(C(C)(C)CCC)c(O)c(C(C)(C)CCC)c1.CCCCCCCCCCCCCCc1ccc(O)cc1. The van der Waals surface area contributed by atoms with Crippen molar-refractivity contribution in [2.24, 2.45) is 0 Å². The highest BCUT2D eigenvalue weighted by Gasteiger charge is 2.33. The van der Waals surface area contributed by atoms with E-state index in [1.807, 2.05) is 12.1 Å². The van der Waals surface area contributed by atoms with E-state index < -0.39 is 0 Å². The molecule has 2 heteroatoms. The van der Waals surface area contributed by atoms with Gasteiger partial charge in [-0.3, -0.25) is 0 Å². The van der Waals surface area contributed by atoms with Gasteiger partial charge >= 0.3 is 0 Å². The van der Waals surface area contributed by atoms with E-state index in [4.69, 9.17) is 0 Å². The van der Waals surface area contributed by atoms with E-state index in [9.17, 15) is 10.2 Å². The van der Waals surface area contributed by atoms with Crippen molar-refractivity contribution in [3.8, 4) is 11.5 Å². The average Bonchev–Trinajstić information content (AvgIpc) is 2.98. The van der Waals surface area contributed by atoms with Gasteiger partial charge < -0.3 is 10.2 Å². The first-order valence-corrected chi connectivity index (χ1v) is 19.4. The van der Waals surface area contributed by atoms with Crippen LogP contribution in [0.25, 0.3) is 0 Å². The van der Waals surface area contributed by atoms with Gasteiger partial charge in [0.05, 0.1) is 0 Å². The van der Waals surface area contributed by atoms with Gasteiger partial charge in [-0.15, -0.1) is 0 Å². The summed E-state index contributed by atoms with van der Waals surface area (Å²) in [4.78, 5) is 0. The second-order valence-corrected chi connectivity index (χ2v) is 16.1. The zero-order valence-corrected chi connectivity index (χ0v) is 32.3. The van der Waals surface area contributed by atoms with Crippen LogP contribution in [-0.4, -0.2) is 10.2 Å². The molecule has 0 saturated carbocycles. The Bertz CT molecular complexity index is 1020. The molecule has 2 rings (SSSR count). The number of benzene rings is 2. The third-order valence-corrected chi connectivity index (χ3v) is 10.2. The second kappa shape index (κ2) is 21.8. The van der Waals surface area contributed by atoms with Crippen molar-refractivity contribution >= 4 is 0 Å². The molecular formula is C44H76O2. The van der Waals surface area contributed by atoms with E-state index in [2.05, 4.69) is 81.4 Å². The standard InChI is InChI=1S/C24H42O.C20H34O/c1-10-13-22(4,5)18-16-19(23(6,7)14-11-2)21(25)20(17-18)24(8,9)15-12-3;1-2-3-4-5-6-7-8-9-10-11-12-13-14-19-15-17-20(21)18-16-19/h16-17,25H,10-15H2,1-9H3;15-18,21H,2-14H2,1H3. The van der Waals surface area contributed by atoms with Crippen molar-refractivity contribution in [2.75, 3.05) is 0 Å². The van der Waals surface area contributed by atoms with Gasteiger partial charge in [0, 0.05) is 11.1 Å². The lowest BCUT2D eigenvalue weighted by Crippen LogP contribution is -2.25. The molecule has 0 heterocycles. The van der Waals surface area contributed by atoms with Crippen molar-refractivity contribution in [2.45, 2.75) is 207 Å². The van der Waals surface area contributed by atoms with Gasteiger partial charge in [-0.25, -0.2) is 0 Å². The number of aryl methyl sites for hydroxylation is 1. The van der Waals surface area contributed by atoms with E-state index in [0.717, 1.165) is 43.2 Å². The summed E-state index contributed by atoms with van der Waals surface area (Å²) in [5.74, 6) is 0.904. The molecule has 46 heavy (non-hydrogen) atoms. The topological polar surface area (TPSA) is 40.5 Å². The van der Waals surface area contributed by atoms with Crippen molar-refractivity contribution in [1.82, 2.24) is 0 Å². The lowest BCUT2D eigenvalue weighted by atomic mass is 9.70. The predicted molar refractivity (Wildman–Crippen MR) is 205 cm³/mol. The van der Waals surface area contributed by atoms with Crippen LogP contribution in [0.3, 0.4) is 0 Å². The van der Waals surface area contributed by atoms with Gasteiger partial charge in [0.2, 0.25) is 0 Å². The van der Waals surface area contributed by atoms with Crippen molar-refractivity contribution in [3.05, 3.63) is 58.7 Å². The number of hydrogen-bond acceptors (Lipinski definition) is 2. The largest absolute Gasteiger partial charge is 0.508 e. The van der Waals surface area contributed by atoms with Crippen molar-refractivity contribution < 1.29 is 10.2 Å². The van der Waals surface area contributed by atoms with Gasteiger partial charge in [-0.1, -0.05) is 183 Å². The van der Waals surface area contributed by atoms with Crippen LogP contribution >= 0.6 is 0 Å². The fraction of sp³-hybridized carbons (Fsp3) is 0.727. The molecule has 0 spiro atoms. The summed E-state index contributed by atoms with van der Waals surface area (Å²) in [5, 5.41) is 20.5. The number of unbranched alkanes of at least 4 members (excludes halogenated alkanes) is 11. The van der Waals surface area contributed by atoms with Crippen LogP contribution in [0.5, 0.6) is 11.5 Å². The third-order valence-electron chi connectivity index (χ3n) is 10.2. The van der Waals surface area contributed by atoms with Gasteiger partial charge in [-0.05, 0) is 71.6 Å². The molecule has 0 aromatic heterocycles. The molecule has 0 saturated heterocycles. The minimum Gasteiger partial charge on any atom is -0.508 e. The molecule has 2 N–H and O–H groups in total. The molecule has 0 bridgehead atoms. The summed E-state index contributed by atoms with van der Waals surface area (Å²) in [7, 11) is 0. The van der Waals surface area contributed by atoms with Crippen LogP contribution in [0, 0.1) is 0 Å². The number of aromatic hydroxyl groups is 2. The molecule has 0 atom stereocenters. The number of phenols is 2. The van der Waals surface area contributed by atoms with Gasteiger partial charge in [0.1, 0.15) is 11.5 Å². The number of rotatable bonds is 22. The molecule has 2 aromatic rings. The maximum Gasteiger partial charge on any atom is 0.123 e. The van der Waals surface area contributed by atoms with E-state index in [1.54, 1.807) is 12.1 Å². The summed E-state index contributed by atoms with van der Waals surface area (Å²) in [6.07, 6.45) is 24.7. The van der Waals surface area contributed by atoms with Crippen LogP contribution in [0.1, 0.15) is 207 Å². The molecule has 0 fully saturated rings. The Kier molecular flexibility index (Phi) is 20.0. The van der Waals surface area contributed by atoms with Gasteiger partial charge in [0.15, 0.2) is 0 Å². The first-order valence-electron chi connectivity index (χ1n) is 19.4.